The Morgan fingerprint density at radius 1 is 1.06 bits per heavy atom. The van der Waals surface area contributed by atoms with Crippen LogP contribution in [0.25, 0.3) is 0 Å². The minimum atomic E-state index is 0.487. The Kier molecular flexibility index (Phi) is 4.15. The molecular weight excluding hydrogens is 275 g/mol. The minimum Gasteiger partial charge on any atom is -0.384 e. The number of benzene rings is 1. The maximum Gasteiger partial charge on any atom is 0.123 e. The minimum absolute atomic E-state index is 0.487. The first-order valence-corrected chi connectivity index (χ1v) is 6.68. The molecule has 0 saturated carbocycles. The summed E-state index contributed by atoms with van der Waals surface area (Å²) in [5.74, 6) is 1.17. The van der Waals surface area contributed by atoms with E-state index in [9.17, 15) is 0 Å². The van der Waals surface area contributed by atoms with E-state index in [1.54, 1.807) is 23.9 Å². The molecule has 17 heavy (non-hydrogen) atoms. The summed E-state index contributed by atoms with van der Waals surface area (Å²) in [6.45, 7) is 0. The fourth-order valence-electron chi connectivity index (χ4n) is 1.28. The molecule has 0 unspecified atom stereocenters. The number of nitrogen functional groups attached to an aromatic ring is 1. The molecule has 2 aromatic rings. The Morgan fingerprint density at radius 3 is 2.47 bits per heavy atom. The number of anilines is 1. The number of pyridine rings is 1. The van der Waals surface area contributed by atoms with Gasteiger partial charge in [-0.25, -0.2) is 4.98 Å². The Labute approximate surface area is 114 Å². The Bertz CT molecular complexity index is 514. The fourth-order valence-corrected chi connectivity index (χ4v) is 2.51. The van der Waals surface area contributed by atoms with Crippen molar-refractivity contribution >= 4 is 40.8 Å². The van der Waals surface area contributed by atoms with Crippen LogP contribution in [0.2, 0.25) is 10.0 Å². The first kappa shape index (κ1) is 12.6. The van der Waals surface area contributed by atoms with E-state index in [0.29, 0.717) is 16.6 Å². The highest BCUT2D eigenvalue weighted by molar-refractivity contribution is 7.98. The van der Waals surface area contributed by atoms with Crippen LogP contribution in [0.5, 0.6) is 0 Å². The van der Waals surface area contributed by atoms with Gasteiger partial charge < -0.3 is 5.73 Å². The third-order valence-corrected chi connectivity index (χ3v) is 3.75. The van der Waals surface area contributed by atoms with Crippen molar-refractivity contribution in [2.75, 3.05) is 5.73 Å². The number of aromatic nitrogens is 1. The Morgan fingerprint density at radius 2 is 1.76 bits per heavy atom. The van der Waals surface area contributed by atoms with Crippen LogP contribution in [-0.2, 0) is 5.75 Å². The van der Waals surface area contributed by atoms with Gasteiger partial charge in [0.2, 0.25) is 0 Å². The zero-order valence-electron chi connectivity index (χ0n) is 8.86. The van der Waals surface area contributed by atoms with Crippen molar-refractivity contribution in [1.29, 1.82) is 0 Å². The van der Waals surface area contributed by atoms with E-state index in [1.165, 1.54) is 0 Å². The molecule has 1 aromatic heterocycles. The lowest BCUT2D eigenvalue weighted by atomic mass is 10.4. The van der Waals surface area contributed by atoms with Crippen LogP contribution in [0.1, 0.15) is 5.69 Å². The van der Waals surface area contributed by atoms with Crippen LogP contribution in [0.15, 0.2) is 41.3 Å². The van der Waals surface area contributed by atoms with Gasteiger partial charge in [0.05, 0.1) is 10.7 Å². The van der Waals surface area contributed by atoms with Crippen molar-refractivity contribution in [3.05, 3.63) is 52.1 Å². The zero-order chi connectivity index (χ0) is 12.3. The summed E-state index contributed by atoms with van der Waals surface area (Å²) in [5.41, 5.74) is 6.42. The van der Waals surface area contributed by atoms with Crippen LogP contribution in [0.3, 0.4) is 0 Å². The van der Waals surface area contributed by atoms with E-state index in [-0.39, 0.29) is 0 Å². The van der Waals surface area contributed by atoms with Crippen LogP contribution < -0.4 is 5.73 Å². The maximum atomic E-state index is 6.04. The average Bonchev–Trinajstić information content (AvgIpc) is 2.32. The fraction of sp³-hybridized carbons (Fsp3) is 0.0833. The molecule has 0 aliphatic carbocycles. The molecule has 2 N–H and O–H groups in total. The predicted molar refractivity (Wildman–Crippen MR) is 74.7 cm³/mol. The molecule has 0 saturated heterocycles. The summed E-state index contributed by atoms with van der Waals surface area (Å²) in [5, 5.41) is 1.37. The summed E-state index contributed by atoms with van der Waals surface area (Å²) >= 11 is 13.5. The predicted octanol–water partition coefficient (Wildman–Crippen LogP) is 4.26. The number of nitrogens with two attached hydrogens (primary N) is 1. The SMILES string of the molecule is Nc1ccc(Cl)c(CSc2ccc(Cl)cc2)n1. The zero-order valence-corrected chi connectivity index (χ0v) is 11.2. The molecule has 0 aliphatic rings. The van der Waals surface area contributed by atoms with Crippen molar-refractivity contribution in [3.8, 4) is 0 Å². The monoisotopic (exact) mass is 284 g/mol. The lowest BCUT2D eigenvalue weighted by Gasteiger charge is -2.04. The van der Waals surface area contributed by atoms with Gasteiger partial charge in [-0.1, -0.05) is 23.2 Å². The van der Waals surface area contributed by atoms with E-state index in [4.69, 9.17) is 28.9 Å². The van der Waals surface area contributed by atoms with E-state index in [0.717, 1.165) is 15.6 Å². The van der Waals surface area contributed by atoms with Crippen molar-refractivity contribution in [2.24, 2.45) is 0 Å². The second kappa shape index (κ2) is 5.63. The average molecular weight is 285 g/mol. The van der Waals surface area contributed by atoms with Gasteiger partial charge >= 0.3 is 0 Å². The molecule has 2 nitrogen and oxygen atoms in total. The normalized spacial score (nSPS) is 10.5. The molecule has 1 heterocycles. The molecule has 0 amide bonds. The highest BCUT2D eigenvalue weighted by Crippen LogP contribution is 2.26. The molecule has 5 heteroatoms. The maximum absolute atomic E-state index is 6.04. The summed E-state index contributed by atoms with van der Waals surface area (Å²) in [6, 6.07) is 11.1. The Hall–Kier alpha value is -0.900. The van der Waals surface area contributed by atoms with Crippen LogP contribution in [-0.4, -0.2) is 4.98 Å². The van der Waals surface area contributed by atoms with E-state index in [1.807, 2.05) is 24.3 Å². The smallest absolute Gasteiger partial charge is 0.123 e. The number of hydrogen-bond donors (Lipinski definition) is 1. The van der Waals surface area contributed by atoms with Gasteiger partial charge in [0, 0.05) is 15.7 Å². The topological polar surface area (TPSA) is 38.9 Å². The largest absolute Gasteiger partial charge is 0.384 e. The van der Waals surface area contributed by atoms with Gasteiger partial charge in [0.1, 0.15) is 5.82 Å². The van der Waals surface area contributed by atoms with Gasteiger partial charge in [-0.3, -0.25) is 0 Å². The first-order valence-electron chi connectivity index (χ1n) is 4.94. The summed E-state index contributed by atoms with van der Waals surface area (Å²) < 4.78 is 0. The molecule has 0 bridgehead atoms. The number of hydrogen-bond acceptors (Lipinski definition) is 3. The third kappa shape index (κ3) is 3.53. The van der Waals surface area contributed by atoms with Gasteiger partial charge in [0.15, 0.2) is 0 Å². The van der Waals surface area contributed by atoms with Crippen LogP contribution in [0.4, 0.5) is 5.82 Å². The first-order chi connectivity index (χ1) is 8.15. The third-order valence-electron chi connectivity index (χ3n) is 2.13. The molecule has 0 fully saturated rings. The molecule has 88 valence electrons. The number of halogens is 2. The molecule has 0 radical (unpaired) electrons. The molecule has 0 aliphatic heterocycles. The van der Waals surface area contributed by atoms with E-state index in [2.05, 4.69) is 4.98 Å². The number of nitrogens with zero attached hydrogens (tertiary/aromatic N) is 1. The Balaban J connectivity index is 2.07. The molecule has 2 rings (SSSR count). The summed E-state index contributed by atoms with van der Waals surface area (Å²) in [4.78, 5) is 5.32. The van der Waals surface area contributed by atoms with Crippen molar-refractivity contribution < 1.29 is 0 Å². The highest BCUT2D eigenvalue weighted by Gasteiger charge is 2.03. The number of rotatable bonds is 3. The van der Waals surface area contributed by atoms with Gasteiger partial charge in [-0.2, -0.15) is 0 Å². The standard InChI is InChI=1S/C12H10Cl2N2S/c13-8-1-3-9(4-2-8)17-7-11-10(14)5-6-12(15)16-11/h1-6H,7H2,(H2,15,16). The quantitative estimate of drug-likeness (QED) is 0.856. The van der Waals surface area contributed by atoms with Gasteiger partial charge in [-0.15, -0.1) is 11.8 Å². The molecule has 0 atom stereocenters. The van der Waals surface area contributed by atoms with Crippen molar-refractivity contribution in [3.63, 3.8) is 0 Å². The lowest BCUT2D eigenvalue weighted by Crippen LogP contribution is -1.94. The van der Waals surface area contributed by atoms with Crippen LogP contribution in [0, 0.1) is 0 Å². The second-order valence-electron chi connectivity index (χ2n) is 3.41. The summed E-state index contributed by atoms with van der Waals surface area (Å²) in [6.07, 6.45) is 0. The molecule has 1 aromatic carbocycles. The van der Waals surface area contributed by atoms with Gasteiger partial charge in [-0.05, 0) is 36.4 Å². The number of thioether (sulfide) groups is 1. The van der Waals surface area contributed by atoms with E-state index >= 15 is 0 Å². The van der Waals surface area contributed by atoms with Crippen molar-refractivity contribution in [2.45, 2.75) is 10.6 Å². The second-order valence-corrected chi connectivity index (χ2v) is 5.30. The summed E-state index contributed by atoms with van der Waals surface area (Å²) in [7, 11) is 0. The van der Waals surface area contributed by atoms with Gasteiger partial charge in [0.25, 0.3) is 0 Å². The highest BCUT2D eigenvalue weighted by atomic mass is 35.5. The van der Waals surface area contributed by atoms with Crippen molar-refractivity contribution in [1.82, 2.24) is 4.98 Å². The van der Waals surface area contributed by atoms with Crippen LogP contribution >= 0.6 is 35.0 Å². The molecular formula is C12H10Cl2N2S. The lowest BCUT2D eigenvalue weighted by molar-refractivity contribution is 1.18. The van der Waals surface area contributed by atoms with E-state index < -0.39 is 0 Å². The molecule has 0 spiro atoms.